The summed E-state index contributed by atoms with van der Waals surface area (Å²) in [6, 6.07) is 32.5. The number of rotatable bonds is 11. The van der Waals surface area contributed by atoms with Crippen molar-refractivity contribution >= 4 is 28.1 Å². The molecule has 7 heteroatoms. The summed E-state index contributed by atoms with van der Waals surface area (Å²) in [7, 11) is 0. The van der Waals surface area contributed by atoms with Crippen LogP contribution in [0.3, 0.4) is 0 Å². The van der Waals surface area contributed by atoms with E-state index in [9.17, 15) is 4.79 Å². The summed E-state index contributed by atoms with van der Waals surface area (Å²) in [5.74, 6) is 1.58. The van der Waals surface area contributed by atoms with E-state index in [-0.39, 0.29) is 5.91 Å². The van der Waals surface area contributed by atoms with Crippen molar-refractivity contribution in [2.75, 3.05) is 0 Å². The highest BCUT2D eigenvalue weighted by molar-refractivity contribution is 9.10. The molecule has 0 radical (unpaired) electrons. The second kappa shape index (κ2) is 13.3. The van der Waals surface area contributed by atoms with E-state index in [1.807, 2.05) is 91.0 Å². The average molecular weight is 559 g/mol. The van der Waals surface area contributed by atoms with Gasteiger partial charge in [-0.15, -0.1) is 0 Å². The molecule has 4 rings (SSSR count). The Bertz CT molecular complexity index is 1330. The molecular formula is C30H27BrN2O4. The molecule has 0 bridgehead atoms. The van der Waals surface area contributed by atoms with Crippen LogP contribution in [0.15, 0.2) is 113 Å². The second-order valence-corrected chi connectivity index (χ2v) is 9.11. The molecule has 0 aliphatic carbocycles. The Morgan fingerprint density at radius 3 is 2.30 bits per heavy atom. The molecule has 1 amide bonds. The van der Waals surface area contributed by atoms with Gasteiger partial charge in [0, 0.05) is 10.0 Å². The lowest BCUT2D eigenvalue weighted by molar-refractivity contribution is -0.127. The maximum atomic E-state index is 12.5. The molecule has 0 saturated carbocycles. The molecule has 0 heterocycles. The van der Waals surface area contributed by atoms with Crippen LogP contribution in [0.25, 0.3) is 0 Å². The third kappa shape index (κ3) is 8.22. The first-order valence-corrected chi connectivity index (χ1v) is 12.6. The average Bonchev–Trinajstić information content (AvgIpc) is 2.92. The molecule has 1 unspecified atom stereocenters. The number of ether oxygens (including phenoxy) is 3. The van der Waals surface area contributed by atoms with Crippen LogP contribution in [0.2, 0.25) is 0 Å². The Morgan fingerprint density at radius 2 is 1.51 bits per heavy atom. The van der Waals surface area contributed by atoms with Gasteiger partial charge in [0.25, 0.3) is 5.91 Å². The van der Waals surface area contributed by atoms with Gasteiger partial charge in [-0.25, -0.2) is 5.43 Å². The number of hydrogen-bond acceptors (Lipinski definition) is 5. The number of amides is 1. The fourth-order valence-electron chi connectivity index (χ4n) is 3.38. The molecule has 1 atom stereocenters. The fraction of sp³-hybridized carbons (Fsp3) is 0.133. The van der Waals surface area contributed by atoms with Crippen molar-refractivity contribution < 1.29 is 19.0 Å². The quantitative estimate of drug-likeness (QED) is 0.168. The predicted octanol–water partition coefficient (Wildman–Crippen LogP) is 6.52. The molecule has 188 valence electrons. The van der Waals surface area contributed by atoms with Crippen molar-refractivity contribution in [3.05, 3.63) is 124 Å². The minimum absolute atomic E-state index is 0.367. The minimum Gasteiger partial charge on any atom is -0.489 e. The molecular weight excluding hydrogens is 532 g/mol. The topological polar surface area (TPSA) is 69.2 Å². The molecule has 0 saturated heterocycles. The number of para-hydroxylation sites is 1. The van der Waals surface area contributed by atoms with E-state index in [0.717, 1.165) is 26.9 Å². The lowest BCUT2D eigenvalue weighted by Crippen LogP contribution is -2.33. The van der Waals surface area contributed by atoms with Crippen molar-refractivity contribution in [3.63, 3.8) is 0 Å². The molecule has 1 N–H and O–H groups in total. The van der Waals surface area contributed by atoms with Gasteiger partial charge in [-0.1, -0.05) is 70.5 Å². The molecule has 4 aromatic carbocycles. The molecule has 0 aliphatic heterocycles. The molecule has 0 aliphatic rings. The Balaban J connectivity index is 1.26. The van der Waals surface area contributed by atoms with E-state index in [2.05, 4.69) is 26.5 Å². The van der Waals surface area contributed by atoms with Gasteiger partial charge in [0.2, 0.25) is 0 Å². The molecule has 0 aromatic heterocycles. The highest BCUT2D eigenvalue weighted by Crippen LogP contribution is 2.21. The first-order valence-electron chi connectivity index (χ1n) is 11.8. The third-order valence-corrected chi connectivity index (χ3v) is 5.83. The number of halogens is 1. The minimum atomic E-state index is -0.740. The van der Waals surface area contributed by atoms with Crippen molar-refractivity contribution in [2.24, 2.45) is 5.10 Å². The van der Waals surface area contributed by atoms with Gasteiger partial charge in [-0.05, 0) is 66.6 Å². The maximum Gasteiger partial charge on any atom is 0.280 e. The summed E-state index contributed by atoms with van der Waals surface area (Å²) in [4.78, 5) is 12.5. The second-order valence-electron chi connectivity index (χ2n) is 8.20. The van der Waals surface area contributed by atoms with Crippen LogP contribution in [0, 0.1) is 0 Å². The normalized spacial score (nSPS) is 11.6. The van der Waals surface area contributed by atoms with Gasteiger partial charge < -0.3 is 14.2 Å². The van der Waals surface area contributed by atoms with Crippen LogP contribution in [0.5, 0.6) is 17.2 Å². The molecule has 0 fully saturated rings. The predicted molar refractivity (Wildman–Crippen MR) is 148 cm³/mol. The van der Waals surface area contributed by atoms with Crippen LogP contribution < -0.4 is 19.6 Å². The van der Waals surface area contributed by atoms with Crippen molar-refractivity contribution in [1.29, 1.82) is 0 Å². The van der Waals surface area contributed by atoms with Crippen molar-refractivity contribution in [1.82, 2.24) is 5.43 Å². The van der Waals surface area contributed by atoms with E-state index in [1.54, 1.807) is 25.3 Å². The van der Waals surface area contributed by atoms with Gasteiger partial charge in [0.05, 0.1) is 6.21 Å². The SMILES string of the molecule is CC(Oc1ccc(OCc2ccccc2)cc1)C(=O)NN=Cc1ccccc1OCc1cccc(Br)c1. The van der Waals surface area contributed by atoms with Gasteiger partial charge in [-0.2, -0.15) is 5.10 Å². The van der Waals surface area contributed by atoms with Crippen molar-refractivity contribution in [2.45, 2.75) is 26.2 Å². The van der Waals surface area contributed by atoms with E-state index in [0.29, 0.717) is 24.7 Å². The maximum absolute atomic E-state index is 12.5. The Morgan fingerprint density at radius 1 is 0.838 bits per heavy atom. The number of nitrogens with one attached hydrogen (secondary N) is 1. The number of benzene rings is 4. The molecule has 4 aromatic rings. The number of hydrogen-bond donors (Lipinski definition) is 1. The Labute approximate surface area is 225 Å². The van der Waals surface area contributed by atoms with Crippen LogP contribution in [-0.4, -0.2) is 18.2 Å². The van der Waals surface area contributed by atoms with Gasteiger partial charge >= 0.3 is 0 Å². The number of carbonyl (C=O) groups excluding carboxylic acids is 1. The first-order chi connectivity index (χ1) is 18.1. The van der Waals surface area contributed by atoms with Gasteiger partial charge in [-0.3, -0.25) is 4.79 Å². The zero-order valence-corrected chi connectivity index (χ0v) is 21.9. The van der Waals surface area contributed by atoms with Crippen LogP contribution >= 0.6 is 15.9 Å². The van der Waals surface area contributed by atoms with E-state index in [4.69, 9.17) is 14.2 Å². The highest BCUT2D eigenvalue weighted by atomic mass is 79.9. The van der Waals surface area contributed by atoms with E-state index in [1.165, 1.54) is 0 Å². The monoisotopic (exact) mass is 558 g/mol. The number of carbonyl (C=O) groups is 1. The molecule has 37 heavy (non-hydrogen) atoms. The summed E-state index contributed by atoms with van der Waals surface area (Å²) in [6.45, 7) is 2.56. The van der Waals surface area contributed by atoms with Crippen LogP contribution in [-0.2, 0) is 18.0 Å². The Kier molecular flexibility index (Phi) is 9.32. The van der Waals surface area contributed by atoms with Crippen LogP contribution in [0.4, 0.5) is 0 Å². The largest absolute Gasteiger partial charge is 0.489 e. The van der Waals surface area contributed by atoms with Crippen molar-refractivity contribution in [3.8, 4) is 17.2 Å². The van der Waals surface area contributed by atoms with Crippen LogP contribution in [0.1, 0.15) is 23.6 Å². The molecule has 6 nitrogen and oxygen atoms in total. The number of nitrogens with zero attached hydrogens (tertiary/aromatic N) is 1. The summed E-state index contributed by atoms with van der Waals surface area (Å²) in [5.41, 5.74) is 5.40. The first kappa shape index (κ1) is 26.0. The number of hydrazone groups is 1. The molecule has 0 spiro atoms. The third-order valence-electron chi connectivity index (χ3n) is 5.33. The zero-order valence-electron chi connectivity index (χ0n) is 20.3. The lowest BCUT2D eigenvalue weighted by Gasteiger charge is -2.14. The van der Waals surface area contributed by atoms with Gasteiger partial charge in [0.15, 0.2) is 6.10 Å². The van der Waals surface area contributed by atoms with E-state index < -0.39 is 6.10 Å². The fourth-order valence-corrected chi connectivity index (χ4v) is 3.82. The Hall–Kier alpha value is -4.10. The standard InChI is InChI=1S/C30H27BrN2O4/c1-22(37-28-16-14-27(15-17-28)35-20-23-8-3-2-4-9-23)30(34)33-32-19-25-11-5-6-13-29(25)36-21-24-10-7-12-26(31)18-24/h2-19,22H,20-21H2,1H3,(H,33,34). The summed E-state index contributed by atoms with van der Waals surface area (Å²) >= 11 is 3.47. The summed E-state index contributed by atoms with van der Waals surface area (Å²) in [6.07, 6.45) is 0.816. The summed E-state index contributed by atoms with van der Waals surface area (Å²) in [5, 5.41) is 4.09. The van der Waals surface area contributed by atoms with E-state index >= 15 is 0 Å². The summed E-state index contributed by atoms with van der Waals surface area (Å²) < 4.78 is 18.5. The zero-order chi connectivity index (χ0) is 25.9. The highest BCUT2D eigenvalue weighted by Gasteiger charge is 2.14. The lowest BCUT2D eigenvalue weighted by atomic mass is 10.2. The smallest absolute Gasteiger partial charge is 0.280 e. The van der Waals surface area contributed by atoms with Gasteiger partial charge in [0.1, 0.15) is 30.5 Å².